The number of rotatable bonds is 5. The molecule has 0 aliphatic carbocycles. The van der Waals surface area contributed by atoms with Crippen molar-refractivity contribution in [3.63, 3.8) is 0 Å². The predicted molar refractivity (Wildman–Crippen MR) is 69.1 cm³/mol. The van der Waals surface area contributed by atoms with Crippen molar-refractivity contribution in [3.8, 4) is 0 Å². The smallest absolute Gasteiger partial charge is 0.136 e. The van der Waals surface area contributed by atoms with E-state index in [0.717, 1.165) is 30.2 Å². The van der Waals surface area contributed by atoms with E-state index in [4.69, 9.17) is 0 Å². The average Bonchev–Trinajstić information content (AvgIpc) is 2.26. The first-order chi connectivity index (χ1) is 7.57. The minimum absolute atomic E-state index is 0.438. The maximum Gasteiger partial charge on any atom is 0.136 e. The molecule has 0 radical (unpaired) electrons. The molecule has 0 aliphatic rings. The Hall–Kier alpha value is -1.32. The van der Waals surface area contributed by atoms with Crippen molar-refractivity contribution < 1.29 is 0 Å². The molecule has 0 unspecified atom stereocenters. The summed E-state index contributed by atoms with van der Waals surface area (Å²) in [5, 5.41) is 3.32. The summed E-state index contributed by atoms with van der Waals surface area (Å²) in [7, 11) is 2.06. The Bertz CT molecular complexity index is 336. The second kappa shape index (κ2) is 5.68. The molecule has 0 saturated carbocycles. The topological polar surface area (TPSA) is 41.1 Å². The molecule has 4 nitrogen and oxygen atoms in total. The summed E-state index contributed by atoms with van der Waals surface area (Å²) in [6, 6.07) is 0.438. The molecule has 1 aromatic heterocycles. The summed E-state index contributed by atoms with van der Waals surface area (Å²) in [6.45, 7) is 9.46. The highest BCUT2D eigenvalue weighted by Gasteiger charge is 2.12. The van der Waals surface area contributed by atoms with E-state index in [1.165, 1.54) is 0 Å². The van der Waals surface area contributed by atoms with Crippen LogP contribution in [0.4, 0.5) is 11.6 Å². The Balaban J connectivity index is 2.94. The predicted octanol–water partition coefficient (Wildman–Crippen LogP) is 2.45. The monoisotopic (exact) mass is 222 g/mol. The minimum atomic E-state index is 0.438. The van der Waals surface area contributed by atoms with Gasteiger partial charge in [-0.15, -0.1) is 0 Å². The number of hydrogen-bond donors (Lipinski definition) is 1. The largest absolute Gasteiger partial charge is 0.370 e. The van der Waals surface area contributed by atoms with Crippen molar-refractivity contribution in [3.05, 3.63) is 11.9 Å². The summed E-state index contributed by atoms with van der Waals surface area (Å²) >= 11 is 0. The zero-order valence-electron chi connectivity index (χ0n) is 10.9. The van der Waals surface area contributed by atoms with Gasteiger partial charge in [0.15, 0.2) is 0 Å². The highest BCUT2D eigenvalue weighted by atomic mass is 15.2. The summed E-state index contributed by atoms with van der Waals surface area (Å²) in [6.07, 6.45) is 2.72. The summed E-state index contributed by atoms with van der Waals surface area (Å²) in [5.41, 5.74) is 1.12. The molecule has 1 aromatic rings. The maximum atomic E-state index is 4.34. The number of anilines is 2. The van der Waals surface area contributed by atoms with Crippen LogP contribution in [0.1, 0.15) is 32.8 Å². The Labute approximate surface area is 98.1 Å². The first-order valence-corrected chi connectivity index (χ1v) is 5.86. The molecule has 1 heterocycles. The standard InChI is InChI=1S/C12H22N4/c1-6-7-13-11-10(4)12(15-8-14-11)16(5)9(2)3/h8-9H,6-7H2,1-5H3,(H,13,14,15). The first-order valence-electron chi connectivity index (χ1n) is 5.86. The van der Waals surface area contributed by atoms with Crippen LogP contribution in [0.5, 0.6) is 0 Å². The van der Waals surface area contributed by atoms with E-state index >= 15 is 0 Å². The molecule has 0 saturated heterocycles. The van der Waals surface area contributed by atoms with Crippen molar-refractivity contribution in [1.29, 1.82) is 0 Å². The van der Waals surface area contributed by atoms with Crippen LogP contribution in [0, 0.1) is 6.92 Å². The fourth-order valence-electron chi connectivity index (χ4n) is 1.46. The second-order valence-electron chi connectivity index (χ2n) is 4.30. The van der Waals surface area contributed by atoms with Crippen LogP contribution in [0.15, 0.2) is 6.33 Å². The van der Waals surface area contributed by atoms with Gasteiger partial charge in [0, 0.05) is 25.2 Å². The van der Waals surface area contributed by atoms with E-state index in [9.17, 15) is 0 Å². The Morgan fingerprint density at radius 1 is 1.38 bits per heavy atom. The van der Waals surface area contributed by atoms with E-state index in [-0.39, 0.29) is 0 Å². The quantitative estimate of drug-likeness (QED) is 0.831. The van der Waals surface area contributed by atoms with E-state index in [2.05, 4.69) is 54.9 Å². The van der Waals surface area contributed by atoms with Gasteiger partial charge in [-0.25, -0.2) is 9.97 Å². The number of nitrogens with one attached hydrogen (secondary N) is 1. The molecule has 16 heavy (non-hydrogen) atoms. The normalized spacial score (nSPS) is 10.6. The molecular weight excluding hydrogens is 200 g/mol. The molecule has 0 amide bonds. The van der Waals surface area contributed by atoms with Crippen molar-refractivity contribution >= 4 is 11.6 Å². The number of hydrogen-bond acceptors (Lipinski definition) is 4. The fraction of sp³-hybridized carbons (Fsp3) is 0.667. The summed E-state index contributed by atoms with van der Waals surface area (Å²) in [4.78, 5) is 10.8. The van der Waals surface area contributed by atoms with Crippen molar-refractivity contribution in [2.24, 2.45) is 0 Å². The Morgan fingerprint density at radius 2 is 2.06 bits per heavy atom. The van der Waals surface area contributed by atoms with Crippen LogP contribution in [0.25, 0.3) is 0 Å². The Kier molecular flexibility index (Phi) is 4.52. The lowest BCUT2D eigenvalue weighted by molar-refractivity contribution is 0.738. The van der Waals surface area contributed by atoms with E-state index in [0.29, 0.717) is 6.04 Å². The third-order valence-electron chi connectivity index (χ3n) is 2.71. The highest BCUT2D eigenvalue weighted by Crippen LogP contribution is 2.22. The van der Waals surface area contributed by atoms with E-state index in [1.807, 2.05) is 0 Å². The van der Waals surface area contributed by atoms with Crippen molar-refractivity contribution in [2.45, 2.75) is 40.2 Å². The molecule has 0 aliphatic heterocycles. The SMILES string of the molecule is CCCNc1ncnc(N(C)C(C)C)c1C. The average molecular weight is 222 g/mol. The van der Waals surface area contributed by atoms with Crippen molar-refractivity contribution in [2.75, 3.05) is 23.8 Å². The fourth-order valence-corrected chi connectivity index (χ4v) is 1.46. The van der Waals surface area contributed by atoms with Crippen LogP contribution < -0.4 is 10.2 Å². The van der Waals surface area contributed by atoms with Gasteiger partial charge >= 0.3 is 0 Å². The summed E-state index contributed by atoms with van der Waals surface area (Å²) < 4.78 is 0. The van der Waals surface area contributed by atoms with Crippen molar-refractivity contribution in [1.82, 2.24) is 9.97 Å². The third-order valence-corrected chi connectivity index (χ3v) is 2.71. The van der Waals surface area contributed by atoms with Gasteiger partial charge in [-0.1, -0.05) is 6.92 Å². The molecular formula is C12H22N4. The van der Waals surface area contributed by atoms with Crippen LogP contribution >= 0.6 is 0 Å². The second-order valence-corrected chi connectivity index (χ2v) is 4.30. The van der Waals surface area contributed by atoms with Crippen LogP contribution in [-0.4, -0.2) is 29.6 Å². The molecule has 0 fully saturated rings. The number of aromatic nitrogens is 2. The van der Waals surface area contributed by atoms with Gasteiger partial charge in [0.05, 0.1) is 0 Å². The van der Waals surface area contributed by atoms with E-state index in [1.54, 1.807) is 6.33 Å². The van der Waals surface area contributed by atoms with Gasteiger partial charge in [0.25, 0.3) is 0 Å². The zero-order chi connectivity index (χ0) is 12.1. The third kappa shape index (κ3) is 2.84. The van der Waals surface area contributed by atoms with Gasteiger partial charge in [0.1, 0.15) is 18.0 Å². The van der Waals surface area contributed by atoms with Crippen LogP contribution in [0.3, 0.4) is 0 Å². The van der Waals surface area contributed by atoms with Gasteiger partial charge in [-0.3, -0.25) is 0 Å². The van der Waals surface area contributed by atoms with Crippen LogP contribution in [-0.2, 0) is 0 Å². The molecule has 1 N–H and O–H groups in total. The van der Waals surface area contributed by atoms with Gasteiger partial charge < -0.3 is 10.2 Å². The summed E-state index contributed by atoms with van der Waals surface area (Å²) in [5.74, 6) is 1.95. The molecule has 0 bridgehead atoms. The lowest BCUT2D eigenvalue weighted by Gasteiger charge is -2.24. The van der Waals surface area contributed by atoms with Crippen LogP contribution in [0.2, 0.25) is 0 Å². The highest BCUT2D eigenvalue weighted by molar-refractivity contribution is 5.57. The lowest BCUT2D eigenvalue weighted by Crippen LogP contribution is -2.27. The molecule has 4 heteroatoms. The minimum Gasteiger partial charge on any atom is -0.370 e. The van der Waals surface area contributed by atoms with Gasteiger partial charge in [-0.05, 0) is 27.2 Å². The van der Waals surface area contributed by atoms with E-state index < -0.39 is 0 Å². The Morgan fingerprint density at radius 3 is 2.62 bits per heavy atom. The molecule has 1 rings (SSSR count). The lowest BCUT2D eigenvalue weighted by atomic mass is 10.2. The van der Waals surface area contributed by atoms with Gasteiger partial charge in [0.2, 0.25) is 0 Å². The molecule has 0 atom stereocenters. The zero-order valence-corrected chi connectivity index (χ0v) is 10.9. The first kappa shape index (κ1) is 12.7. The molecule has 0 spiro atoms. The number of nitrogens with zero attached hydrogens (tertiary/aromatic N) is 3. The maximum absolute atomic E-state index is 4.34. The molecule has 90 valence electrons. The van der Waals surface area contributed by atoms with Gasteiger partial charge in [-0.2, -0.15) is 0 Å². The molecule has 0 aromatic carbocycles.